The molecule has 0 atom stereocenters. The second-order valence-corrected chi connectivity index (χ2v) is 8.66. The van der Waals surface area contributed by atoms with E-state index in [1.165, 1.54) is 6.07 Å². The van der Waals surface area contributed by atoms with Gasteiger partial charge in [-0.3, -0.25) is 9.48 Å². The van der Waals surface area contributed by atoms with Gasteiger partial charge in [-0.25, -0.2) is 14.4 Å². The van der Waals surface area contributed by atoms with Gasteiger partial charge in [0.15, 0.2) is 0 Å². The molecule has 0 N–H and O–H groups in total. The first-order chi connectivity index (χ1) is 15.4. The number of hydrogen-bond acceptors (Lipinski definition) is 5. The van der Waals surface area contributed by atoms with Crippen LogP contribution < -0.4 is 4.90 Å². The van der Waals surface area contributed by atoms with Gasteiger partial charge in [0.2, 0.25) is 11.9 Å². The van der Waals surface area contributed by atoms with Gasteiger partial charge in [-0.2, -0.15) is 5.10 Å². The molecule has 1 amide bonds. The van der Waals surface area contributed by atoms with E-state index in [9.17, 15) is 9.18 Å². The largest absolute Gasteiger partial charge is 0.338 e. The number of anilines is 1. The molecule has 0 radical (unpaired) electrons. The Bertz CT molecular complexity index is 1070. The summed E-state index contributed by atoms with van der Waals surface area (Å²) in [5, 5.41) is 4.72. The summed E-state index contributed by atoms with van der Waals surface area (Å²) in [7, 11) is 0. The van der Waals surface area contributed by atoms with Gasteiger partial charge in [-0.1, -0.05) is 13.8 Å². The Morgan fingerprint density at radius 1 is 1.09 bits per heavy atom. The maximum Gasteiger partial charge on any atom is 0.244 e. The first-order valence-electron chi connectivity index (χ1n) is 11.0. The highest BCUT2D eigenvalue weighted by atomic mass is 19.1. The van der Waals surface area contributed by atoms with Gasteiger partial charge in [-0.15, -0.1) is 0 Å². The van der Waals surface area contributed by atoms with Crippen molar-refractivity contribution in [2.24, 2.45) is 5.92 Å². The van der Waals surface area contributed by atoms with Crippen LogP contribution in [0.1, 0.15) is 25.1 Å². The van der Waals surface area contributed by atoms with Crippen molar-refractivity contribution in [3.63, 3.8) is 0 Å². The molecule has 4 rings (SSSR count). The van der Waals surface area contributed by atoms with Crippen LogP contribution in [0.2, 0.25) is 0 Å². The molecule has 168 valence electrons. The van der Waals surface area contributed by atoms with E-state index in [2.05, 4.69) is 28.7 Å². The number of aryl methyl sites for hydroxylation is 1. The van der Waals surface area contributed by atoms with Crippen LogP contribution in [0, 0.1) is 18.7 Å². The molecule has 1 aromatic carbocycles. The quantitative estimate of drug-likeness (QED) is 0.593. The molecule has 32 heavy (non-hydrogen) atoms. The predicted molar refractivity (Wildman–Crippen MR) is 122 cm³/mol. The Balaban J connectivity index is 1.47. The summed E-state index contributed by atoms with van der Waals surface area (Å²) in [6.45, 7) is 8.89. The van der Waals surface area contributed by atoms with E-state index in [0.29, 0.717) is 43.6 Å². The molecule has 3 heterocycles. The standard InChI is InChI=1S/C24H29FN6O/c1-17(2)13-20-15-22(19-5-6-21(25)18(3)14-19)28-31(20)16-23(32)29-9-11-30(12-10-29)24-26-7-4-8-27-24/h4-8,14-15,17H,9-13,16H2,1-3H3. The minimum atomic E-state index is -0.231. The summed E-state index contributed by atoms with van der Waals surface area (Å²) >= 11 is 0. The van der Waals surface area contributed by atoms with Crippen molar-refractivity contribution < 1.29 is 9.18 Å². The van der Waals surface area contributed by atoms with E-state index in [1.807, 2.05) is 15.6 Å². The van der Waals surface area contributed by atoms with Crippen molar-refractivity contribution in [3.8, 4) is 11.3 Å². The van der Waals surface area contributed by atoms with Crippen molar-refractivity contribution in [3.05, 3.63) is 59.8 Å². The Morgan fingerprint density at radius 3 is 2.47 bits per heavy atom. The molecule has 0 aliphatic carbocycles. The van der Waals surface area contributed by atoms with Gasteiger partial charge < -0.3 is 9.80 Å². The second kappa shape index (κ2) is 9.46. The highest BCUT2D eigenvalue weighted by Crippen LogP contribution is 2.23. The van der Waals surface area contributed by atoms with Gasteiger partial charge >= 0.3 is 0 Å². The van der Waals surface area contributed by atoms with E-state index in [4.69, 9.17) is 5.10 Å². The van der Waals surface area contributed by atoms with E-state index in [1.54, 1.807) is 37.5 Å². The van der Waals surface area contributed by atoms with Gasteiger partial charge in [0, 0.05) is 49.8 Å². The Morgan fingerprint density at radius 2 is 1.81 bits per heavy atom. The molecule has 0 saturated carbocycles. The molecule has 8 heteroatoms. The van der Waals surface area contributed by atoms with Crippen LogP contribution in [-0.2, 0) is 17.8 Å². The van der Waals surface area contributed by atoms with Gasteiger partial charge in [0.25, 0.3) is 0 Å². The average molecular weight is 437 g/mol. The number of halogens is 1. The van der Waals surface area contributed by atoms with Crippen molar-refractivity contribution in [2.45, 2.75) is 33.7 Å². The molecule has 0 spiro atoms. The van der Waals surface area contributed by atoms with Crippen LogP contribution in [0.5, 0.6) is 0 Å². The molecule has 3 aromatic rings. The third kappa shape index (κ3) is 4.95. The van der Waals surface area contributed by atoms with E-state index in [-0.39, 0.29) is 18.3 Å². The number of aromatic nitrogens is 4. The summed E-state index contributed by atoms with van der Waals surface area (Å²) in [4.78, 5) is 25.6. The molecule has 7 nitrogen and oxygen atoms in total. The molecule has 1 aliphatic rings. The summed E-state index contributed by atoms with van der Waals surface area (Å²) in [5.74, 6) is 0.947. The fourth-order valence-electron chi connectivity index (χ4n) is 3.96. The third-order valence-corrected chi connectivity index (χ3v) is 5.69. The summed E-state index contributed by atoms with van der Waals surface area (Å²) < 4.78 is 15.5. The number of carbonyl (C=O) groups is 1. The first kappa shape index (κ1) is 21.9. The lowest BCUT2D eigenvalue weighted by Gasteiger charge is -2.34. The highest BCUT2D eigenvalue weighted by Gasteiger charge is 2.24. The second-order valence-electron chi connectivity index (χ2n) is 8.66. The lowest BCUT2D eigenvalue weighted by molar-refractivity contribution is -0.132. The molecule has 0 bridgehead atoms. The van der Waals surface area contributed by atoms with Crippen LogP contribution in [0.25, 0.3) is 11.3 Å². The number of carbonyl (C=O) groups excluding carboxylic acids is 1. The maximum absolute atomic E-state index is 13.7. The SMILES string of the molecule is Cc1cc(-c2cc(CC(C)C)n(CC(=O)N3CCN(c4ncccn4)CC3)n2)ccc1F. The number of hydrogen-bond donors (Lipinski definition) is 0. The van der Waals surface area contributed by atoms with E-state index in [0.717, 1.165) is 23.4 Å². The highest BCUT2D eigenvalue weighted by molar-refractivity contribution is 5.76. The number of rotatable bonds is 6. The number of piperazine rings is 1. The lowest BCUT2D eigenvalue weighted by atomic mass is 10.1. The molecule has 2 aromatic heterocycles. The zero-order valence-corrected chi connectivity index (χ0v) is 18.8. The van der Waals surface area contributed by atoms with Crippen LogP contribution in [-0.4, -0.2) is 56.7 Å². The predicted octanol–water partition coefficient (Wildman–Crippen LogP) is 3.33. The number of nitrogens with zero attached hydrogens (tertiary/aromatic N) is 6. The molecular formula is C24H29FN6O. The van der Waals surface area contributed by atoms with E-state index < -0.39 is 0 Å². The molecule has 1 aliphatic heterocycles. The minimum Gasteiger partial charge on any atom is -0.338 e. The van der Waals surface area contributed by atoms with Crippen molar-refractivity contribution in [1.29, 1.82) is 0 Å². The first-order valence-corrected chi connectivity index (χ1v) is 11.0. The maximum atomic E-state index is 13.7. The van der Waals surface area contributed by atoms with Crippen molar-refractivity contribution in [1.82, 2.24) is 24.6 Å². The Labute approximate surface area is 187 Å². The van der Waals surface area contributed by atoms with Gasteiger partial charge in [-0.05, 0) is 55.2 Å². The zero-order valence-electron chi connectivity index (χ0n) is 18.8. The molecule has 1 saturated heterocycles. The molecule has 1 fully saturated rings. The zero-order chi connectivity index (χ0) is 22.7. The normalized spacial score (nSPS) is 14.3. The summed E-state index contributed by atoms with van der Waals surface area (Å²) in [5.41, 5.74) is 3.22. The number of benzene rings is 1. The third-order valence-electron chi connectivity index (χ3n) is 5.69. The van der Waals surface area contributed by atoms with Crippen LogP contribution in [0.4, 0.5) is 10.3 Å². The van der Waals surface area contributed by atoms with Gasteiger partial charge in [0.05, 0.1) is 5.69 Å². The number of amides is 1. The van der Waals surface area contributed by atoms with E-state index >= 15 is 0 Å². The Hall–Kier alpha value is -3.29. The monoisotopic (exact) mass is 436 g/mol. The average Bonchev–Trinajstić information content (AvgIpc) is 3.17. The summed E-state index contributed by atoms with van der Waals surface area (Å²) in [6.07, 6.45) is 4.28. The van der Waals surface area contributed by atoms with Crippen molar-refractivity contribution >= 4 is 11.9 Å². The smallest absolute Gasteiger partial charge is 0.244 e. The fourth-order valence-corrected chi connectivity index (χ4v) is 3.96. The fraction of sp³-hybridized carbons (Fsp3) is 0.417. The minimum absolute atomic E-state index is 0.0496. The Kier molecular flexibility index (Phi) is 6.48. The lowest BCUT2D eigenvalue weighted by Crippen LogP contribution is -2.50. The molecular weight excluding hydrogens is 407 g/mol. The summed E-state index contributed by atoms with van der Waals surface area (Å²) in [6, 6.07) is 8.82. The van der Waals surface area contributed by atoms with Gasteiger partial charge in [0.1, 0.15) is 12.4 Å². The molecule has 0 unspecified atom stereocenters. The van der Waals surface area contributed by atoms with Crippen LogP contribution in [0.3, 0.4) is 0 Å². The topological polar surface area (TPSA) is 67.2 Å². The van der Waals surface area contributed by atoms with Crippen LogP contribution >= 0.6 is 0 Å². The van der Waals surface area contributed by atoms with Crippen LogP contribution in [0.15, 0.2) is 42.7 Å². The van der Waals surface area contributed by atoms with Crippen molar-refractivity contribution in [2.75, 3.05) is 31.1 Å².